The van der Waals surface area contributed by atoms with Crippen LogP contribution >= 0.6 is 8.25 Å². The van der Waals surface area contributed by atoms with E-state index in [2.05, 4.69) is 10.6 Å². The molecule has 0 spiro atoms. The predicted octanol–water partition coefficient (Wildman–Crippen LogP) is -0.664. The Bertz CT molecular complexity index is 171. The summed E-state index contributed by atoms with van der Waals surface area (Å²) in [6.45, 7) is 6.13. The summed E-state index contributed by atoms with van der Waals surface area (Å²) in [4.78, 5) is 14.2. The molecule has 6 N–H and O–H groups in total. The van der Waals surface area contributed by atoms with Gasteiger partial charge >= 0.3 is 8.25 Å². The second-order valence-electron chi connectivity index (χ2n) is 3.74. The van der Waals surface area contributed by atoms with E-state index in [0.29, 0.717) is 0 Å². The topological polar surface area (TPSA) is 122 Å². The van der Waals surface area contributed by atoms with Crippen LogP contribution in [0.5, 0.6) is 0 Å². The Kier molecular flexibility index (Phi) is 16.7. The summed E-state index contributed by atoms with van der Waals surface area (Å²) >= 11 is 0. The lowest BCUT2D eigenvalue weighted by Crippen LogP contribution is -2.40. The molecule has 0 amide bonds. The number of aliphatic hydroxyl groups excluding tert-OH is 2. The maximum absolute atomic E-state index is 8.90. The smallest absolute Gasteiger partial charge is 0.395 e. The first-order valence-corrected chi connectivity index (χ1v) is 7.21. The highest BCUT2D eigenvalue weighted by Gasteiger charge is 2.04. The van der Waals surface area contributed by atoms with E-state index >= 15 is 0 Å². The van der Waals surface area contributed by atoms with Crippen molar-refractivity contribution < 1.29 is 24.6 Å². The molecule has 7 nitrogen and oxygen atoms in total. The molecular weight excluding hydrogens is 259 g/mol. The third-order valence-corrected chi connectivity index (χ3v) is 2.42. The van der Waals surface area contributed by atoms with Crippen molar-refractivity contribution >= 4 is 8.25 Å². The van der Waals surface area contributed by atoms with E-state index in [1.54, 1.807) is 0 Å². The number of nitrogens with one attached hydrogen (secondary N) is 2. The van der Waals surface area contributed by atoms with Crippen molar-refractivity contribution in [2.24, 2.45) is 0 Å². The molecule has 0 aromatic carbocycles. The third kappa shape index (κ3) is 15.9. The Morgan fingerprint density at radius 2 is 1.22 bits per heavy atom. The van der Waals surface area contributed by atoms with Gasteiger partial charge < -0.3 is 20.8 Å². The van der Waals surface area contributed by atoms with Crippen LogP contribution in [0.15, 0.2) is 0 Å². The van der Waals surface area contributed by atoms with Gasteiger partial charge in [-0.05, 0) is 12.8 Å². The van der Waals surface area contributed by atoms with Crippen molar-refractivity contribution in [1.82, 2.24) is 10.6 Å². The second-order valence-corrected chi connectivity index (χ2v) is 4.24. The van der Waals surface area contributed by atoms with E-state index in [1.165, 1.54) is 0 Å². The molecule has 110 valence electrons. The highest BCUT2D eigenvalue weighted by atomic mass is 31.1. The van der Waals surface area contributed by atoms with Crippen LogP contribution in [0.4, 0.5) is 0 Å². The van der Waals surface area contributed by atoms with Gasteiger partial charge in [0.25, 0.3) is 0 Å². The molecule has 2 atom stereocenters. The fourth-order valence-corrected chi connectivity index (χ4v) is 1.23. The molecule has 18 heavy (non-hydrogen) atoms. The van der Waals surface area contributed by atoms with Gasteiger partial charge in [-0.2, -0.15) is 0 Å². The van der Waals surface area contributed by atoms with Crippen molar-refractivity contribution in [3.63, 3.8) is 0 Å². The lowest BCUT2D eigenvalue weighted by molar-refractivity contribution is 0.229. The van der Waals surface area contributed by atoms with Crippen LogP contribution in [0.1, 0.15) is 26.7 Å². The summed E-state index contributed by atoms with van der Waals surface area (Å²) in [5, 5.41) is 24.3. The first-order chi connectivity index (χ1) is 8.51. The average molecular weight is 285 g/mol. The highest BCUT2D eigenvalue weighted by Crippen LogP contribution is 1.98. The number of hydrogen-bond donors (Lipinski definition) is 6. The SMILES string of the molecule is CC[C@@H](CO)NCCN[C@@H](CC)CO.O=[P+](O)O. The molecular formula is C10H26N2O5P+. The fraction of sp³-hybridized carbons (Fsp3) is 1.00. The largest absolute Gasteiger partial charge is 0.692 e. The van der Waals surface area contributed by atoms with Gasteiger partial charge in [0.2, 0.25) is 0 Å². The van der Waals surface area contributed by atoms with E-state index in [1.807, 2.05) is 13.8 Å². The molecule has 0 rings (SSSR count). The molecule has 0 aliphatic carbocycles. The Balaban J connectivity index is 0. The van der Waals surface area contributed by atoms with E-state index < -0.39 is 8.25 Å². The van der Waals surface area contributed by atoms with Gasteiger partial charge in [0.1, 0.15) is 0 Å². The van der Waals surface area contributed by atoms with E-state index in [-0.39, 0.29) is 25.3 Å². The molecule has 0 aliphatic heterocycles. The van der Waals surface area contributed by atoms with Gasteiger partial charge in [0.15, 0.2) is 0 Å². The zero-order chi connectivity index (χ0) is 14.4. The number of rotatable bonds is 9. The maximum atomic E-state index is 8.90. The standard InChI is InChI=1S/C10H24N2O2.HO3P/c1-3-9(7-13)11-5-6-12-10(4-2)8-14;1-4(2)3/h9-14H,3-8H2,1-2H3;(H-,1,2,3)/p+1/t9-,10-;/m0./s1. The molecule has 8 heteroatoms. The number of hydrogen-bond acceptors (Lipinski definition) is 5. The number of aliphatic hydroxyl groups is 2. The van der Waals surface area contributed by atoms with E-state index in [9.17, 15) is 0 Å². The van der Waals surface area contributed by atoms with Crippen LogP contribution in [-0.2, 0) is 4.57 Å². The molecule has 0 saturated carbocycles. The zero-order valence-corrected chi connectivity index (χ0v) is 11.9. The van der Waals surface area contributed by atoms with Crippen LogP contribution in [0.3, 0.4) is 0 Å². The minimum atomic E-state index is -2.87. The summed E-state index contributed by atoms with van der Waals surface area (Å²) in [6, 6.07) is 0.400. The van der Waals surface area contributed by atoms with Crippen molar-refractivity contribution in [1.29, 1.82) is 0 Å². The molecule has 0 aromatic rings. The van der Waals surface area contributed by atoms with Crippen molar-refractivity contribution in [2.45, 2.75) is 38.8 Å². The van der Waals surface area contributed by atoms with Crippen molar-refractivity contribution in [2.75, 3.05) is 26.3 Å². The molecule has 0 unspecified atom stereocenters. The summed E-state index contributed by atoms with van der Waals surface area (Å²) in [6.07, 6.45) is 1.88. The first-order valence-electron chi connectivity index (χ1n) is 6.05. The van der Waals surface area contributed by atoms with E-state index in [4.69, 9.17) is 24.6 Å². The summed E-state index contributed by atoms with van der Waals surface area (Å²) in [5.41, 5.74) is 0. The van der Waals surface area contributed by atoms with Gasteiger partial charge in [-0.25, -0.2) is 0 Å². The minimum Gasteiger partial charge on any atom is -0.395 e. The Morgan fingerprint density at radius 1 is 0.944 bits per heavy atom. The van der Waals surface area contributed by atoms with Crippen LogP contribution in [0.2, 0.25) is 0 Å². The zero-order valence-electron chi connectivity index (χ0n) is 11.0. The molecule has 0 saturated heterocycles. The second kappa shape index (κ2) is 14.9. The Morgan fingerprint density at radius 3 is 1.39 bits per heavy atom. The highest BCUT2D eigenvalue weighted by molar-refractivity contribution is 7.30. The third-order valence-electron chi connectivity index (χ3n) is 2.42. The lowest BCUT2D eigenvalue weighted by Gasteiger charge is -2.17. The molecule has 0 aromatic heterocycles. The first kappa shape index (κ1) is 20.2. The van der Waals surface area contributed by atoms with Crippen LogP contribution in [0, 0.1) is 0 Å². The van der Waals surface area contributed by atoms with Gasteiger partial charge in [-0.1, -0.05) is 13.8 Å². The van der Waals surface area contributed by atoms with Gasteiger partial charge in [0.05, 0.1) is 13.2 Å². The van der Waals surface area contributed by atoms with Crippen LogP contribution in [-0.4, -0.2) is 58.4 Å². The molecule has 0 bridgehead atoms. The maximum Gasteiger partial charge on any atom is 0.692 e. The molecule has 0 heterocycles. The Labute approximate surface area is 109 Å². The molecule has 0 fully saturated rings. The minimum absolute atomic E-state index is 0.188. The molecule has 0 radical (unpaired) electrons. The summed E-state index contributed by atoms with van der Waals surface area (Å²) in [7, 11) is -2.87. The Hall–Kier alpha value is -0.140. The normalized spacial score (nSPS) is 13.4. The van der Waals surface area contributed by atoms with Crippen molar-refractivity contribution in [3.05, 3.63) is 0 Å². The monoisotopic (exact) mass is 285 g/mol. The van der Waals surface area contributed by atoms with Crippen molar-refractivity contribution in [3.8, 4) is 0 Å². The predicted molar refractivity (Wildman–Crippen MR) is 70.4 cm³/mol. The van der Waals surface area contributed by atoms with Gasteiger partial charge in [0, 0.05) is 29.7 Å². The quantitative estimate of drug-likeness (QED) is 0.245. The molecule has 0 aliphatic rings. The lowest BCUT2D eigenvalue weighted by atomic mass is 10.2. The fourth-order valence-electron chi connectivity index (χ4n) is 1.23. The van der Waals surface area contributed by atoms with Gasteiger partial charge in [-0.15, -0.1) is 9.79 Å². The van der Waals surface area contributed by atoms with Gasteiger partial charge in [-0.3, -0.25) is 0 Å². The van der Waals surface area contributed by atoms with E-state index in [0.717, 1.165) is 25.9 Å². The average Bonchev–Trinajstić information content (AvgIpc) is 2.33. The van der Waals surface area contributed by atoms with Crippen LogP contribution in [0.25, 0.3) is 0 Å². The summed E-state index contributed by atoms with van der Waals surface area (Å²) in [5.74, 6) is 0. The summed E-state index contributed by atoms with van der Waals surface area (Å²) < 4.78 is 8.70. The van der Waals surface area contributed by atoms with Crippen LogP contribution < -0.4 is 10.6 Å².